The molecule has 0 saturated carbocycles. The van der Waals surface area contributed by atoms with Gasteiger partial charge in [-0.05, 0) is 61.2 Å². The predicted octanol–water partition coefficient (Wildman–Crippen LogP) is 1.60. The van der Waals surface area contributed by atoms with E-state index in [0.717, 1.165) is 30.5 Å². The molecule has 2 heterocycles. The van der Waals surface area contributed by atoms with Crippen LogP contribution in [0.3, 0.4) is 0 Å². The van der Waals surface area contributed by atoms with Crippen LogP contribution in [0.15, 0.2) is 53.4 Å². The molecule has 2 aromatic carbocycles. The number of benzene rings is 2. The van der Waals surface area contributed by atoms with Gasteiger partial charge in [-0.1, -0.05) is 12.1 Å². The summed E-state index contributed by atoms with van der Waals surface area (Å²) in [5.74, 6) is -0.845. The Kier molecular flexibility index (Phi) is 6.75. The van der Waals surface area contributed by atoms with Gasteiger partial charge < -0.3 is 4.90 Å². The smallest absolute Gasteiger partial charge is 0.269 e. The van der Waals surface area contributed by atoms with Gasteiger partial charge in [0, 0.05) is 37.3 Å². The van der Waals surface area contributed by atoms with Crippen molar-refractivity contribution in [2.45, 2.75) is 37.0 Å². The molecule has 10 heteroatoms. The molecule has 0 aliphatic carbocycles. The fourth-order valence-electron chi connectivity index (χ4n) is 4.00. The largest absolute Gasteiger partial charge is 0.312 e. The maximum Gasteiger partial charge on any atom is 0.269 e. The van der Waals surface area contributed by atoms with E-state index in [1.54, 1.807) is 17.0 Å². The minimum absolute atomic E-state index is 0.0571. The summed E-state index contributed by atoms with van der Waals surface area (Å²) in [6.07, 6.45) is 3.16. The zero-order valence-electron chi connectivity index (χ0n) is 18.1. The van der Waals surface area contributed by atoms with Gasteiger partial charge in [0.25, 0.3) is 5.91 Å². The fourth-order valence-corrected chi connectivity index (χ4v) is 5.52. The molecule has 0 radical (unpaired) electrons. The summed E-state index contributed by atoms with van der Waals surface area (Å²) in [6, 6.07) is 12.8. The molecule has 0 spiro atoms. The molecule has 2 aliphatic heterocycles. The van der Waals surface area contributed by atoms with Crippen molar-refractivity contribution in [3.05, 3.63) is 59.7 Å². The van der Waals surface area contributed by atoms with Crippen LogP contribution < -0.4 is 15.8 Å². The standard InChI is InChI=1S/C23H26N4O5S/c28-21(16-17-5-9-19(10-6-17)27-15-3-4-22(27)29)24-25-23(30)18-7-11-20(12-8-18)33(31,32)26-13-1-2-14-26/h5-12H,1-4,13-16H2,(H,24,28)(H,25,30). The molecule has 3 amide bonds. The number of anilines is 1. The summed E-state index contributed by atoms with van der Waals surface area (Å²) in [7, 11) is -3.54. The van der Waals surface area contributed by atoms with Gasteiger partial charge in [-0.3, -0.25) is 25.2 Å². The Morgan fingerprint density at radius 2 is 1.52 bits per heavy atom. The van der Waals surface area contributed by atoms with Crippen LogP contribution in [0.5, 0.6) is 0 Å². The molecule has 2 aromatic rings. The molecule has 4 rings (SSSR count). The van der Waals surface area contributed by atoms with Crippen molar-refractivity contribution in [3.8, 4) is 0 Å². The monoisotopic (exact) mass is 470 g/mol. The van der Waals surface area contributed by atoms with Crippen LogP contribution in [0.4, 0.5) is 5.69 Å². The molecule has 0 atom stereocenters. The average Bonchev–Trinajstić information content (AvgIpc) is 3.51. The van der Waals surface area contributed by atoms with Crippen molar-refractivity contribution >= 4 is 33.4 Å². The third kappa shape index (κ3) is 5.23. The van der Waals surface area contributed by atoms with Crippen LogP contribution >= 0.6 is 0 Å². The number of nitrogens with one attached hydrogen (secondary N) is 2. The average molecular weight is 471 g/mol. The van der Waals surface area contributed by atoms with Crippen LogP contribution in [-0.4, -0.2) is 50.1 Å². The van der Waals surface area contributed by atoms with Crippen LogP contribution in [0.25, 0.3) is 0 Å². The quantitative estimate of drug-likeness (QED) is 0.622. The number of nitrogens with zero attached hydrogens (tertiary/aromatic N) is 2. The lowest BCUT2D eigenvalue weighted by atomic mass is 10.1. The van der Waals surface area contributed by atoms with Gasteiger partial charge in [0.1, 0.15) is 0 Å². The molecule has 2 fully saturated rings. The number of rotatable bonds is 6. The lowest BCUT2D eigenvalue weighted by Gasteiger charge is -2.16. The van der Waals surface area contributed by atoms with Gasteiger partial charge >= 0.3 is 0 Å². The summed E-state index contributed by atoms with van der Waals surface area (Å²) < 4.78 is 26.6. The second kappa shape index (κ2) is 9.72. The Hall–Kier alpha value is -3.24. The minimum atomic E-state index is -3.54. The molecular formula is C23H26N4O5S. The predicted molar refractivity (Wildman–Crippen MR) is 122 cm³/mol. The number of hydrogen-bond donors (Lipinski definition) is 2. The van der Waals surface area contributed by atoms with Crippen LogP contribution in [0.1, 0.15) is 41.6 Å². The Labute approximate surface area is 192 Å². The second-order valence-corrected chi connectivity index (χ2v) is 10.1. The minimum Gasteiger partial charge on any atom is -0.312 e. The Balaban J connectivity index is 1.28. The van der Waals surface area contributed by atoms with E-state index in [2.05, 4.69) is 10.9 Å². The molecule has 2 N–H and O–H groups in total. The number of carbonyl (C=O) groups excluding carboxylic acids is 3. The summed E-state index contributed by atoms with van der Waals surface area (Å²) >= 11 is 0. The van der Waals surface area contributed by atoms with Crippen molar-refractivity contribution in [2.75, 3.05) is 24.5 Å². The summed E-state index contributed by atoms with van der Waals surface area (Å²) in [4.78, 5) is 38.2. The summed E-state index contributed by atoms with van der Waals surface area (Å²) in [5.41, 5.74) is 6.50. The van der Waals surface area contributed by atoms with Crippen LogP contribution in [0.2, 0.25) is 0 Å². The van der Waals surface area contributed by atoms with Crippen molar-refractivity contribution in [1.29, 1.82) is 0 Å². The molecule has 0 bridgehead atoms. The van der Waals surface area contributed by atoms with Gasteiger partial charge in [0.05, 0.1) is 11.3 Å². The normalized spacial score (nSPS) is 16.7. The van der Waals surface area contributed by atoms with E-state index in [4.69, 9.17) is 0 Å². The topological polar surface area (TPSA) is 116 Å². The van der Waals surface area contributed by atoms with E-state index in [1.165, 1.54) is 28.6 Å². The molecule has 9 nitrogen and oxygen atoms in total. The van der Waals surface area contributed by atoms with Crippen molar-refractivity contribution in [1.82, 2.24) is 15.2 Å². The first-order chi connectivity index (χ1) is 15.8. The van der Waals surface area contributed by atoms with Crippen molar-refractivity contribution < 1.29 is 22.8 Å². The van der Waals surface area contributed by atoms with E-state index < -0.39 is 21.8 Å². The van der Waals surface area contributed by atoms with Gasteiger partial charge in [-0.15, -0.1) is 0 Å². The van der Waals surface area contributed by atoms with Crippen LogP contribution in [-0.2, 0) is 26.0 Å². The van der Waals surface area contributed by atoms with E-state index in [-0.39, 0.29) is 22.8 Å². The zero-order valence-corrected chi connectivity index (χ0v) is 18.9. The van der Waals surface area contributed by atoms with Gasteiger partial charge in [-0.2, -0.15) is 4.31 Å². The highest BCUT2D eigenvalue weighted by atomic mass is 32.2. The molecule has 0 unspecified atom stereocenters. The maximum atomic E-state index is 12.6. The number of carbonyl (C=O) groups is 3. The number of amides is 3. The third-order valence-corrected chi connectivity index (χ3v) is 7.73. The molecule has 174 valence electrons. The van der Waals surface area contributed by atoms with E-state index >= 15 is 0 Å². The first-order valence-electron chi connectivity index (χ1n) is 10.9. The summed E-state index contributed by atoms with van der Waals surface area (Å²) in [5, 5.41) is 0. The molecule has 2 saturated heterocycles. The lowest BCUT2D eigenvalue weighted by molar-refractivity contribution is -0.121. The number of hydrogen-bond acceptors (Lipinski definition) is 5. The van der Waals surface area contributed by atoms with Gasteiger partial charge in [-0.25, -0.2) is 8.42 Å². The molecule has 33 heavy (non-hydrogen) atoms. The van der Waals surface area contributed by atoms with E-state index in [0.29, 0.717) is 26.1 Å². The Bertz CT molecular complexity index is 1140. The highest BCUT2D eigenvalue weighted by Gasteiger charge is 2.27. The number of sulfonamides is 1. The first-order valence-corrected chi connectivity index (χ1v) is 12.4. The van der Waals surface area contributed by atoms with E-state index in [1.807, 2.05) is 12.1 Å². The Morgan fingerprint density at radius 1 is 0.848 bits per heavy atom. The zero-order chi connectivity index (χ0) is 23.4. The first kappa shape index (κ1) is 22.9. The Morgan fingerprint density at radius 3 is 2.12 bits per heavy atom. The third-order valence-electron chi connectivity index (χ3n) is 5.82. The highest BCUT2D eigenvalue weighted by Crippen LogP contribution is 2.22. The summed E-state index contributed by atoms with van der Waals surface area (Å²) in [6.45, 7) is 1.72. The van der Waals surface area contributed by atoms with Crippen LogP contribution in [0, 0.1) is 0 Å². The SMILES string of the molecule is O=C(Cc1ccc(N2CCCC2=O)cc1)NNC(=O)c1ccc(S(=O)(=O)N2CCCC2)cc1. The van der Waals surface area contributed by atoms with E-state index in [9.17, 15) is 22.8 Å². The maximum absolute atomic E-state index is 12.6. The molecule has 2 aliphatic rings. The number of hydrazine groups is 1. The second-order valence-electron chi connectivity index (χ2n) is 8.13. The van der Waals surface area contributed by atoms with Crippen molar-refractivity contribution in [2.24, 2.45) is 0 Å². The highest BCUT2D eigenvalue weighted by molar-refractivity contribution is 7.89. The van der Waals surface area contributed by atoms with Gasteiger partial charge in [0.15, 0.2) is 0 Å². The lowest BCUT2D eigenvalue weighted by Crippen LogP contribution is -2.42. The fraction of sp³-hybridized carbons (Fsp3) is 0.348. The molecule has 0 aromatic heterocycles. The molecular weight excluding hydrogens is 444 g/mol. The van der Waals surface area contributed by atoms with Gasteiger partial charge in [0.2, 0.25) is 21.8 Å². The van der Waals surface area contributed by atoms with Crippen molar-refractivity contribution in [3.63, 3.8) is 0 Å².